The van der Waals surface area contributed by atoms with Crippen LogP contribution in [0.25, 0.3) is 0 Å². The van der Waals surface area contributed by atoms with Crippen LogP contribution in [-0.2, 0) is 15.7 Å². The molecule has 10 aliphatic heterocycles. The van der Waals surface area contributed by atoms with E-state index in [1.807, 2.05) is 0 Å². The normalized spacial score (nSPS) is 87.6. The van der Waals surface area contributed by atoms with Crippen LogP contribution in [0.15, 0.2) is 48.5 Å². The Morgan fingerprint density at radius 2 is 0.880 bits per heavy atom. The van der Waals surface area contributed by atoms with Gasteiger partial charge in [0.05, 0.1) is 0 Å². The molecule has 2 aromatic carbocycles. The van der Waals surface area contributed by atoms with Crippen molar-refractivity contribution < 1.29 is 16.5 Å². The molecular weight excluding hydrogens is 403 g/mol. The zero-order valence-corrected chi connectivity index (χ0v) is 15.1. The predicted molar refractivity (Wildman–Crippen MR) is 86.2 cm³/mol. The van der Waals surface area contributed by atoms with Crippen molar-refractivity contribution in [1.82, 2.24) is 0 Å². The maximum absolute atomic E-state index is 13.6. The van der Waals surface area contributed by atoms with Gasteiger partial charge in [-0.3, -0.25) is 0 Å². The molecule has 1 spiro atoms. The zero-order valence-electron chi connectivity index (χ0n) is 13.3. The number of fused-ring (bicyclic) bond motifs is 10. The van der Waals surface area contributed by atoms with Gasteiger partial charge in [0.15, 0.2) is 0 Å². The third-order valence-electron chi connectivity index (χ3n) is 17.4. The molecule has 25 heavy (non-hydrogen) atoms. The molecule has 0 bridgehead atoms. The van der Waals surface area contributed by atoms with Crippen LogP contribution >= 0.6 is 0 Å². The van der Waals surface area contributed by atoms with Crippen LogP contribution in [-0.4, -0.2) is 0 Å². The van der Waals surface area contributed by atoms with E-state index >= 15 is 0 Å². The molecule has 126 valence electrons. The molecule has 0 amide bonds. The Morgan fingerprint density at radius 1 is 0.560 bits per heavy atom. The van der Waals surface area contributed by atoms with Gasteiger partial charge in [0, 0.05) is 0 Å². The standard InChI is InChI=1S/2C11H8F.Ru/c2*12-11-7-5-10(6-8-11)9-3-1-2-4-9;/h2*1-8H;. The first kappa shape index (κ1) is 10.3. The molecule has 0 saturated carbocycles. The summed E-state index contributed by atoms with van der Waals surface area (Å²) >= 11 is 0. The monoisotopic (exact) mass is 420 g/mol. The average molecular weight is 419 g/mol. The fourth-order valence-corrected chi connectivity index (χ4v) is 155. The van der Waals surface area contributed by atoms with Gasteiger partial charge in [0.1, 0.15) is 0 Å². The van der Waals surface area contributed by atoms with E-state index in [1.54, 1.807) is 35.4 Å². The molecule has 8 unspecified atom stereocenters. The first-order valence-electron chi connectivity index (χ1n) is 9.66. The fraction of sp³-hybridized carbons (Fsp3) is 0.455. The Morgan fingerprint density at radius 3 is 1.16 bits per heavy atom. The number of halogens is 2. The van der Waals surface area contributed by atoms with Crippen molar-refractivity contribution >= 4 is 0 Å². The van der Waals surface area contributed by atoms with E-state index in [9.17, 15) is 8.78 Å². The second-order valence-electron chi connectivity index (χ2n) is 12.8. The van der Waals surface area contributed by atoms with Crippen LogP contribution in [0.3, 0.4) is 0 Å². The number of benzene rings is 2. The minimum absolute atomic E-state index is 0.0918. The maximum atomic E-state index is 13.6. The van der Waals surface area contributed by atoms with Crippen LogP contribution in [0.5, 0.6) is 0 Å². The summed E-state index contributed by atoms with van der Waals surface area (Å²) < 4.78 is 37.5. The summed E-state index contributed by atoms with van der Waals surface area (Å²) in [7, 11) is -3.94. The minimum atomic E-state index is -3.94. The molecule has 0 aliphatic carbocycles. The molecule has 10 saturated heterocycles. The van der Waals surface area contributed by atoms with Gasteiger partial charge >= 0.3 is 132 Å². The van der Waals surface area contributed by atoms with Crippen molar-refractivity contribution in [2.45, 2.75) is 44.1 Å². The Hall–Kier alpha value is -1.08. The average Bonchev–Trinajstić information content (AvgIpc) is 3.56. The van der Waals surface area contributed by atoms with E-state index in [1.165, 1.54) is 18.0 Å². The van der Waals surface area contributed by atoms with E-state index in [0.717, 1.165) is 18.0 Å². The Labute approximate surface area is 132 Å². The third-order valence-corrected chi connectivity index (χ3v) is 84.7. The number of hydrogen-bond donors (Lipinski definition) is 0. The van der Waals surface area contributed by atoms with Gasteiger partial charge in [0.25, 0.3) is 0 Å². The Kier molecular flexibility index (Phi) is 0.455. The Bertz CT molecular complexity index is 1430. The summed E-state index contributed by atoms with van der Waals surface area (Å²) in [5.41, 5.74) is 3.10. The SMILES string of the molecule is Fc1ccc([C]23[CH]4[CH]5[CH]6[CH]2[Ru]56432789[CH]3[CH]2[CH]7[C]8(c2ccc(F)cc2)[CH]39)cc1. The Balaban J connectivity index is 1.33. The summed E-state index contributed by atoms with van der Waals surface area (Å²) in [5, 5.41) is 0. The first-order chi connectivity index (χ1) is 11.9. The van der Waals surface area contributed by atoms with Crippen molar-refractivity contribution in [3.8, 4) is 0 Å². The van der Waals surface area contributed by atoms with Crippen LogP contribution in [0.4, 0.5) is 8.78 Å². The molecule has 3 heteroatoms. The molecule has 10 fully saturated rings. The molecule has 10 heterocycles. The van der Waals surface area contributed by atoms with Crippen LogP contribution in [0, 0.1) is 11.6 Å². The fourth-order valence-electron chi connectivity index (χ4n) is 19.5. The van der Waals surface area contributed by atoms with Crippen LogP contribution < -0.4 is 0 Å². The predicted octanol–water partition coefficient (Wildman–Crippen LogP) is 5.87. The van der Waals surface area contributed by atoms with Crippen molar-refractivity contribution in [1.29, 1.82) is 0 Å². The molecule has 2 aromatic rings. The van der Waals surface area contributed by atoms with E-state index in [-0.39, 0.29) is 11.6 Å². The topological polar surface area (TPSA) is 0 Å². The van der Waals surface area contributed by atoms with Gasteiger partial charge in [0.2, 0.25) is 0 Å². The second kappa shape index (κ2) is 1.10. The molecule has 8 atom stereocenters. The van der Waals surface area contributed by atoms with Gasteiger partial charge in [-0.25, -0.2) is 0 Å². The summed E-state index contributed by atoms with van der Waals surface area (Å²) in [4.78, 5) is 0. The number of hydrogen-bond acceptors (Lipinski definition) is 0. The zero-order chi connectivity index (χ0) is 15.9. The first-order valence-corrected chi connectivity index (χ1v) is 19.4. The van der Waals surface area contributed by atoms with Crippen molar-refractivity contribution in [3.05, 3.63) is 71.3 Å². The molecule has 0 N–H and O–H groups in total. The van der Waals surface area contributed by atoms with E-state index in [0.29, 0.717) is 8.02 Å². The summed E-state index contributed by atoms with van der Waals surface area (Å²) in [6.07, 6.45) is 0. The van der Waals surface area contributed by atoms with Crippen molar-refractivity contribution in [2.75, 3.05) is 0 Å². The van der Waals surface area contributed by atoms with Crippen LogP contribution in [0.1, 0.15) is 11.1 Å². The molecule has 10 aliphatic rings. The van der Waals surface area contributed by atoms with Gasteiger partial charge in [-0.15, -0.1) is 0 Å². The number of rotatable bonds is 2. The summed E-state index contributed by atoms with van der Waals surface area (Å²) in [6.45, 7) is 0. The van der Waals surface area contributed by atoms with Crippen molar-refractivity contribution in [2.24, 2.45) is 0 Å². The van der Waals surface area contributed by atoms with E-state index in [2.05, 4.69) is 24.3 Å². The molecule has 0 aromatic heterocycles. The van der Waals surface area contributed by atoms with Gasteiger partial charge in [-0.1, -0.05) is 0 Å². The molecular formula is C22H16F2Ru. The summed E-state index contributed by atoms with van der Waals surface area (Å²) in [6, 6.07) is 15.5. The summed E-state index contributed by atoms with van der Waals surface area (Å²) in [5.74, 6) is -0.184. The third kappa shape index (κ3) is 0.152. The van der Waals surface area contributed by atoms with E-state index in [4.69, 9.17) is 0 Å². The van der Waals surface area contributed by atoms with Gasteiger partial charge in [-0.2, -0.15) is 0 Å². The van der Waals surface area contributed by atoms with E-state index < -0.39 is 7.72 Å². The van der Waals surface area contributed by atoms with Crippen molar-refractivity contribution in [3.63, 3.8) is 0 Å². The molecule has 0 nitrogen and oxygen atoms in total. The molecule has 12 rings (SSSR count). The van der Waals surface area contributed by atoms with Gasteiger partial charge in [-0.05, 0) is 0 Å². The molecule has 0 radical (unpaired) electrons. The second-order valence-corrected chi connectivity index (χ2v) is 49.3. The van der Waals surface area contributed by atoms with Gasteiger partial charge < -0.3 is 0 Å². The van der Waals surface area contributed by atoms with Crippen LogP contribution in [0.2, 0.25) is 36.1 Å². The quantitative estimate of drug-likeness (QED) is 0.535.